The Morgan fingerprint density at radius 1 is 1.43 bits per heavy atom. The largest absolute Gasteiger partial charge is 0.490 e. The van der Waals surface area contributed by atoms with Crippen LogP contribution in [0.5, 0.6) is 0 Å². The van der Waals surface area contributed by atoms with Crippen molar-refractivity contribution < 1.29 is 19.2 Å². The second-order valence-electron chi connectivity index (χ2n) is 4.77. The molecule has 0 aliphatic heterocycles. The van der Waals surface area contributed by atoms with Crippen molar-refractivity contribution in [2.24, 2.45) is 0 Å². The zero-order chi connectivity index (χ0) is 17.1. The van der Waals surface area contributed by atoms with Crippen LogP contribution in [-0.2, 0) is 11.3 Å². The minimum atomic E-state index is -0.746. The van der Waals surface area contributed by atoms with Crippen LogP contribution in [0.25, 0.3) is 0 Å². The van der Waals surface area contributed by atoms with Gasteiger partial charge in [-0.15, -0.1) is 0 Å². The summed E-state index contributed by atoms with van der Waals surface area (Å²) in [6.45, 7) is 4.99. The molecule has 1 N–H and O–H groups in total. The Morgan fingerprint density at radius 3 is 2.70 bits per heavy atom. The zero-order valence-electron chi connectivity index (χ0n) is 12.8. The van der Waals surface area contributed by atoms with Crippen molar-refractivity contribution in [3.05, 3.63) is 39.0 Å². The van der Waals surface area contributed by atoms with Gasteiger partial charge >= 0.3 is 11.9 Å². The Labute approximate surface area is 130 Å². The third-order valence-electron chi connectivity index (χ3n) is 3.19. The molecule has 0 aliphatic carbocycles. The number of Topliss-reactive ketones (excluding diaryl/α,β-unsaturated/α-hetero) is 1. The molecule has 122 valence electrons. The maximum Gasteiger partial charge on any atom is 0.490 e. The number of rotatable bonds is 6. The van der Waals surface area contributed by atoms with Crippen molar-refractivity contribution in [2.75, 3.05) is 6.61 Å². The molecule has 0 amide bonds. The maximum absolute atomic E-state index is 12.3. The molecule has 0 spiro atoms. The maximum atomic E-state index is 12.3. The Kier molecular flexibility index (Phi) is 4.53. The van der Waals surface area contributed by atoms with Crippen LogP contribution in [-0.4, -0.2) is 43.0 Å². The van der Waals surface area contributed by atoms with Crippen LogP contribution in [0.2, 0.25) is 0 Å². The summed E-state index contributed by atoms with van der Waals surface area (Å²) in [5, 5.41) is 14.1. The van der Waals surface area contributed by atoms with Crippen LogP contribution < -0.4 is 0 Å². The van der Waals surface area contributed by atoms with Crippen LogP contribution in [0.15, 0.2) is 6.33 Å². The lowest BCUT2D eigenvalue weighted by atomic mass is 10.1. The smallest absolute Gasteiger partial charge is 0.462 e. The highest BCUT2D eigenvalue weighted by atomic mass is 16.6. The van der Waals surface area contributed by atoms with Gasteiger partial charge in [0.2, 0.25) is 12.1 Å². The number of nitro groups is 1. The lowest BCUT2D eigenvalue weighted by Gasteiger charge is -2.02. The number of esters is 1. The standard InChI is InChI=1S/C13H15N5O5/c1-4-23-12(20)10-7(2)11(15-8(10)3)9(19)5-17-6-14-13(16-17)18(21)22/h6,15H,4-5H2,1-3H3. The molecule has 0 atom stereocenters. The molecule has 0 saturated heterocycles. The predicted molar refractivity (Wildman–Crippen MR) is 77.2 cm³/mol. The number of nitrogens with one attached hydrogen (secondary N) is 1. The Hall–Kier alpha value is -3.04. The van der Waals surface area contributed by atoms with Crippen molar-refractivity contribution in [3.8, 4) is 0 Å². The summed E-state index contributed by atoms with van der Waals surface area (Å²) in [7, 11) is 0. The number of carbonyl (C=O) groups excluding carboxylic acids is 2. The average molecular weight is 321 g/mol. The van der Waals surface area contributed by atoms with Gasteiger partial charge in [0, 0.05) is 10.8 Å². The SMILES string of the molecule is CCOC(=O)c1c(C)[nH]c(C(=O)Cn2cnc([N+](=O)[O-])n2)c1C. The van der Waals surface area contributed by atoms with Gasteiger partial charge in [-0.2, -0.15) is 4.68 Å². The predicted octanol–water partition coefficient (Wildman–Crippen LogP) is 1.19. The normalized spacial score (nSPS) is 10.6. The molecule has 0 aromatic carbocycles. The van der Waals surface area contributed by atoms with Gasteiger partial charge in [0.15, 0.2) is 0 Å². The summed E-state index contributed by atoms with van der Waals surface area (Å²) >= 11 is 0. The molecule has 0 unspecified atom stereocenters. The first-order valence-corrected chi connectivity index (χ1v) is 6.78. The van der Waals surface area contributed by atoms with Crippen LogP contribution >= 0.6 is 0 Å². The van der Waals surface area contributed by atoms with E-state index in [9.17, 15) is 19.7 Å². The molecule has 0 aliphatic rings. The first kappa shape index (κ1) is 16.3. The van der Waals surface area contributed by atoms with Crippen LogP contribution in [0.4, 0.5) is 5.95 Å². The summed E-state index contributed by atoms with van der Waals surface area (Å²) in [6.07, 6.45) is 1.10. The van der Waals surface area contributed by atoms with E-state index >= 15 is 0 Å². The number of aromatic nitrogens is 4. The van der Waals surface area contributed by atoms with Gasteiger partial charge in [0.25, 0.3) is 0 Å². The topological polar surface area (TPSA) is 133 Å². The monoisotopic (exact) mass is 321 g/mol. The van der Waals surface area contributed by atoms with E-state index in [2.05, 4.69) is 15.1 Å². The number of aromatic amines is 1. The Morgan fingerprint density at radius 2 is 2.13 bits per heavy atom. The average Bonchev–Trinajstić information content (AvgIpc) is 3.04. The summed E-state index contributed by atoms with van der Waals surface area (Å²) < 4.78 is 6.03. The summed E-state index contributed by atoms with van der Waals surface area (Å²) in [5.74, 6) is -1.46. The molecule has 0 saturated carbocycles. The van der Waals surface area contributed by atoms with Gasteiger partial charge in [-0.1, -0.05) is 4.98 Å². The van der Waals surface area contributed by atoms with Crippen LogP contribution in [0.3, 0.4) is 0 Å². The fourth-order valence-corrected chi connectivity index (χ4v) is 2.21. The van der Waals surface area contributed by atoms with E-state index in [-0.39, 0.29) is 24.6 Å². The van der Waals surface area contributed by atoms with E-state index in [1.807, 2.05) is 0 Å². The second kappa shape index (κ2) is 6.38. The van der Waals surface area contributed by atoms with Crippen molar-refractivity contribution in [1.82, 2.24) is 19.7 Å². The quantitative estimate of drug-likeness (QED) is 0.365. The fraction of sp³-hybridized carbons (Fsp3) is 0.385. The van der Waals surface area contributed by atoms with Crippen molar-refractivity contribution in [1.29, 1.82) is 0 Å². The van der Waals surface area contributed by atoms with E-state index in [0.29, 0.717) is 16.8 Å². The Balaban J connectivity index is 2.24. The third kappa shape index (κ3) is 3.25. The van der Waals surface area contributed by atoms with E-state index < -0.39 is 16.8 Å². The molecular weight excluding hydrogens is 306 g/mol. The third-order valence-corrected chi connectivity index (χ3v) is 3.19. The molecule has 10 heteroatoms. The molecule has 0 radical (unpaired) electrons. The lowest BCUT2D eigenvalue weighted by Crippen LogP contribution is -2.13. The van der Waals surface area contributed by atoms with Crippen LogP contribution in [0, 0.1) is 24.0 Å². The second-order valence-corrected chi connectivity index (χ2v) is 4.77. The number of ether oxygens (including phenoxy) is 1. The summed E-state index contributed by atoms with van der Waals surface area (Å²) in [4.78, 5) is 40.3. The van der Waals surface area contributed by atoms with Crippen molar-refractivity contribution >= 4 is 17.7 Å². The minimum Gasteiger partial charge on any atom is -0.462 e. The molecule has 2 aromatic heterocycles. The number of ketones is 1. The number of hydrogen-bond donors (Lipinski definition) is 1. The molecule has 0 fully saturated rings. The van der Waals surface area contributed by atoms with Crippen molar-refractivity contribution in [3.63, 3.8) is 0 Å². The van der Waals surface area contributed by atoms with Gasteiger partial charge < -0.3 is 19.8 Å². The number of carbonyl (C=O) groups is 2. The summed E-state index contributed by atoms with van der Waals surface area (Å²) in [5.41, 5.74) is 1.55. The zero-order valence-corrected chi connectivity index (χ0v) is 12.8. The number of hydrogen-bond acceptors (Lipinski definition) is 7. The van der Waals surface area contributed by atoms with Gasteiger partial charge in [-0.05, 0) is 31.3 Å². The number of nitrogens with zero attached hydrogens (tertiary/aromatic N) is 4. The van der Waals surface area contributed by atoms with Gasteiger partial charge in [-0.3, -0.25) is 4.79 Å². The highest BCUT2D eigenvalue weighted by Crippen LogP contribution is 2.20. The molecule has 10 nitrogen and oxygen atoms in total. The van der Waals surface area contributed by atoms with Gasteiger partial charge in [-0.25, -0.2) is 4.79 Å². The molecule has 2 aromatic rings. The van der Waals surface area contributed by atoms with Gasteiger partial charge in [0.05, 0.1) is 17.9 Å². The molecular formula is C13H15N5O5. The fourth-order valence-electron chi connectivity index (χ4n) is 2.21. The molecule has 0 bridgehead atoms. The van der Waals surface area contributed by atoms with Crippen LogP contribution in [0.1, 0.15) is 39.0 Å². The number of aryl methyl sites for hydroxylation is 1. The first-order chi connectivity index (χ1) is 10.8. The lowest BCUT2D eigenvalue weighted by molar-refractivity contribution is -0.394. The molecule has 2 heterocycles. The highest BCUT2D eigenvalue weighted by Gasteiger charge is 2.24. The van der Waals surface area contributed by atoms with E-state index in [0.717, 1.165) is 11.0 Å². The van der Waals surface area contributed by atoms with Gasteiger partial charge in [0.1, 0.15) is 6.54 Å². The van der Waals surface area contributed by atoms with E-state index in [1.54, 1.807) is 20.8 Å². The highest BCUT2D eigenvalue weighted by molar-refractivity contribution is 6.01. The number of H-pyrrole nitrogens is 1. The van der Waals surface area contributed by atoms with E-state index in [4.69, 9.17) is 4.74 Å². The van der Waals surface area contributed by atoms with Crippen molar-refractivity contribution in [2.45, 2.75) is 27.3 Å². The summed E-state index contributed by atoms with van der Waals surface area (Å²) in [6, 6.07) is 0. The minimum absolute atomic E-state index is 0.231. The molecule has 23 heavy (non-hydrogen) atoms. The molecule has 2 rings (SSSR count). The van der Waals surface area contributed by atoms with E-state index in [1.165, 1.54) is 0 Å². The Bertz CT molecular complexity index is 776. The first-order valence-electron chi connectivity index (χ1n) is 6.78.